The van der Waals surface area contributed by atoms with Crippen molar-refractivity contribution < 1.29 is 0 Å². The molecule has 132 valence electrons. The van der Waals surface area contributed by atoms with Crippen LogP contribution in [0.5, 0.6) is 0 Å². The number of fused-ring (bicyclic) bond motifs is 3. The molecule has 0 fully saturated rings. The summed E-state index contributed by atoms with van der Waals surface area (Å²) in [6, 6.07) is 36.5. The van der Waals surface area contributed by atoms with Crippen molar-refractivity contribution in [3.63, 3.8) is 0 Å². The fraction of sp³-hybridized carbons (Fsp3) is 0.0741. The fourth-order valence-corrected chi connectivity index (χ4v) is 4.67. The molecule has 0 unspecified atom stereocenters. The van der Waals surface area contributed by atoms with Crippen LogP contribution in [0.3, 0.4) is 0 Å². The summed E-state index contributed by atoms with van der Waals surface area (Å²) in [5.41, 5.74) is 8.89. The van der Waals surface area contributed by atoms with Gasteiger partial charge in [0.05, 0.1) is 17.0 Å². The third-order valence-corrected chi connectivity index (χ3v) is 5.84. The van der Waals surface area contributed by atoms with Crippen molar-refractivity contribution in [3.8, 4) is 17.2 Å². The molecule has 0 N–H and O–H groups in total. The van der Waals surface area contributed by atoms with E-state index in [0.29, 0.717) is 5.56 Å². The van der Waals surface area contributed by atoms with Gasteiger partial charge in [0.1, 0.15) is 0 Å². The monoisotopic (exact) mass is 357 g/mol. The highest BCUT2D eigenvalue weighted by Crippen LogP contribution is 2.56. The molecule has 0 amide bonds. The topological polar surface area (TPSA) is 23.8 Å². The second-order valence-corrected chi connectivity index (χ2v) is 7.40. The van der Waals surface area contributed by atoms with E-state index in [0.717, 1.165) is 0 Å². The number of benzene rings is 4. The second-order valence-electron chi connectivity index (χ2n) is 7.40. The van der Waals surface area contributed by atoms with Gasteiger partial charge in [-0.3, -0.25) is 0 Å². The Labute approximate surface area is 165 Å². The molecule has 0 saturated heterocycles. The van der Waals surface area contributed by atoms with Crippen LogP contribution in [0.25, 0.3) is 11.1 Å². The van der Waals surface area contributed by atoms with Crippen LogP contribution >= 0.6 is 0 Å². The predicted molar refractivity (Wildman–Crippen MR) is 113 cm³/mol. The SMILES string of the molecule is Cc1ccc2c(c1)C(c1ccccc1)(c1ccccc1)c1cc(C#N)ccc1-2. The standard InChI is InChI=1S/C27H19N/c1-19-12-14-23-24-15-13-20(18-28)17-26(24)27(25(23)16-19,21-8-4-2-5-9-21)22-10-6-3-7-11-22/h2-17H,1H3. The average molecular weight is 357 g/mol. The van der Waals surface area contributed by atoms with Crippen LogP contribution in [0.2, 0.25) is 0 Å². The van der Waals surface area contributed by atoms with E-state index in [-0.39, 0.29) is 0 Å². The zero-order chi connectivity index (χ0) is 19.1. The van der Waals surface area contributed by atoms with Crippen LogP contribution in [-0.2, 0) is 5.41 Å². The molecule has 5 rings (SSSR count). The van der Waals surface area contributed by atoms with Gasteiger partial charge < -0.3 is 0 Å². The summed E-state index contributed by atoms with van der Waals surface area (Å²) in [4.78, 5) is 0. The van der Waals surface area contributed by atoms with Gasteiger partial charge in [0.15, 0.2) is 0 Å². The molecule has 1 aliphatic rings. The lowest BCUT2D eigenvalue weighted by Gasteiger charge is -2.34. The molecule has 0 radical (unpaired) electrons. The van der Waals surface area contributed by atoms with E-state index in [2.05, 4.69) is 104 Å². The lowest BCUT2D eigenvalue weighted by atomic mass is 9.67. The van der Waals surface area contributed by atoms with E-state index >= 15 is 0 Å². The summed E-state index contributed by atoms with van der Waals surface area (Å²) in [6.07, 6.45) is 0. The minimum Gasteiger partial charge on any atom is -0.192 e. The molecular formula is C27H19N. The van der Waals surface area contributed by atoms with Gasteiger partial charge >= 0.3 is 0 Å². The second kappa shape index (κ2) is 6.22. The Kier molecular flexibility index (Phi) is 3.67. The Balaban J connectivity index is 2.00. The molecular weight excluding hydrogens is 338 g/mol. The van der Waals surface area contributed by atoms with Gasteiger partial charge in [0, 0.05) is 0 Å². The van der Waals surface area contributed by atoms with Crippen LogP contribution in [0.1, 0.15) is 33.4 Å². The number of hydrogen-bond donors (Lipinski definition) is 0. The van der Waals surface area contributed by atoms with Crippen molar-refractivity contribution in [3.05, 3.63) is 130 Å². The molecule has 0 aliphatic heterocycles. The van der Waals surface area contributed by atoms with Gasteiger partial charge in [0.25, 0.3) is 0 Å². The Bertz CT molecular complexity index is 1170. The first-order valence-electron chi connectivity index (χ1n) is 9.52. The smallest absolute Gasteiger partial charge is 0.0991 e. The first-order chi connectivity index (χ1) is 13.7. The zero-order valence-electron chi connectivity index (χ0n) is 15.7. The molecule has 0 heterocycles. The van der Waals surface area contributed by atoms with Crippen molar-refractivity contribution in [2.45, 2.75) is 12.3 Å². The maximum absolute atomic E-state index is 9.59. The van der Waals surface area contributed by atoms with Gasteiger partial charge in [-0.1, -0.05) is 90.5 Å². The zero-order valence-corrected chi connectivity index (χ0v) is 15.7. The molecule has 0 bridgehead atoms. The molecule has 0 spiro atoms. The number of nitriles is 1. The molecule has 1 nitrogen and oxygen atoms in total. The highest BCUT2D eigenvalue weighted by atomic mass is 14.5. The first kappa shape index (κ1) is 16.5. The number of aryl methyl sites for hydroxylation is 1. The van der Waals surface area contributed by atoms with E-state index in [9.17, 15) is 5.26 Å². The first-order valence-corrected chi connectivity index (χ1v) is 9.52. The van der Waals surface area contributed by atoms with Crippen LogP contribution in [0, 0.1) is 18.3 Å². The van der Waals surface area contributed by atoms with Gasteiger partial charge in [-0.05, 0) is 52.4 Å². The van der Waals surface area contributed by atoms with E-state index in [1.165, 1.54) is 38.9 Å². The van der Waals surface area contributed by atoms with Gasteiger partial charge in [-0.2, -0.15) is 5.26 Å². The summed E-state index contributed by atoms with van der Waals surface area (Å²) in [5, 5.41) is 9.59. The van der Waals surface area contributed by atoms with Crippen molar-refractivity contribution in [2.24, 2.45) is 0 Å². The summed E-state index contributed by atoms with van der Waals surface area (Å²) in [7, 11) is 0. The molecule has 0 saturated carbocycles. The third kappa shape index (κ3) is 2.19. The molecule has 1 aliphatic carbocycles. The maximum Gasteiger partial charge on any atom is 0.0991 e. The van der Waals surface area contributed by atoms with Gasteiger partial charge in [0.2, 0.25) is 0 Å². The Hall–Kier alpha value is -3.63. The maximum atomic E-state index is 9.59. The third-order valence-electron chi connectivity index (χ3n) is 5.84. The van der Waals surface area contributed by atoms with Crippen LogP contribution in [0.4, 0.5) is 0 Å². The summed E-state index contributed by atoms with van der Waals surface area (Å²) in [6.45, 7) is 2.14. The van der Waals surface area contributed by atoms with E-state index < -0.39 is 5.41 Å². The van der Waals surface area contributed by atoms with Crippen molar-refractivity contribution in [2.75, 3.05) is 0 Å². The quantitative estimate of drug-likeness (QED) is 0.367. The molecule has 1 heteroatoms. The Morgan fingerprint density at radius 3 is 1.75 bits per heavy atom. The van der Waals surface area contributed by atoms with Crippen LogP contribution < -0.4 is 0 Å². The van der Waals surface area contributed by atoms with Crippen molar-refractivity contribution in [1.29, 1.82) is 5.26 Å². The normalized spacial score (nSPS) is 13.4. The van der Waals surface area contributed by atoms with E-state index in [1.54, 1.807) is 0 Å². The lowest BCUT2D eigenvalue weighted by molar-refractivity contribution is 0.767. The van der Waals surface area contributed by atoms with Gasteiger partial charge in [-0.25, -0.2) is 0 Å². The number of hydrogen-bond acceptors (Lipinski definition) is 1. The molecule has 28 heavy (non-hydrogen) atoms. The number of nitrogens with zero attached hydrogens (tertiary/aromatic N) is 1. The molecule has 4 aromatic carbocycles. The Morgan fingerprint density at radius 1 is 0.643 bits per heavy atom. The van der Waals surface area contributed by atoms with Crippen LogP contribution in [0.15, 0.2) is 97.1 Å². The summed E-state index contributed by atoms with van der Waals surface area (Å²) < 4.78 is 0. The van der Waals surface area contributed by atoms with Crippen LogP contribution in [-0.4, -0.2) is 0 Å². The summed E-state index contributed by atoms with van der Waals surface area (Å²) in [5.74, 6) is 0. The van der Waals surface area contributed by atoms with Crippen molar-refractivity contribution in [1.82, 2.24) is 0 Å². The molecule has 0 aromatic heterocycles. The van der Waals surface area contributed by atoms with Gasteiger partial charge in [-0.15, -0.1) is 0 Å². The van der Waals surface area contributed by atoms with E-state index in [1.807, 2.05) is 6.07 Å². The summed E-state index contributed by atoms with van der Waals surface area (Å²) >= 11 is 0. The van der Waals surface area contributed by atoms with E-state index in [4.69, 9.17) is 0 Å². The minimum atomic E-state index is -0.425. The molecule has 0 atom stereocenters. The minimum absolute atomic E-state index is 0.425. The average Bonchev–Trinajstić information content (AvgIpc) is 3.04. The fourth-order valence-electron chi connectivity index (χ4n) is 4.67. The van der Waals surface area contributed by atoms with Crippen molar-refractivity contribution >= 4 is 0 Å². The predicted octanol–water partition coefficient (Wildman–Crippen LogP) is 6.23. The number of rotatable bonds is 2. The highest BCUT2D eigenvalue weighted by molar-refractivity contribution is 5.87. The Morgan fingerprint density at radius 2 is 1.18 bits per heavy atom. The highest BCUT2D eigenvalue weighted by Gasteiger charge is 2.46. The largest absolute Gasteiger partial charge is 0.192 e. The molecule has 4 aromatic rings. The lowest BCUT2D eigenvalue weighted by Crippen LogP contribution is -2.28.